The van der Waals surface area contributed by atoms with E-state index in [1.807, 2.05) is 24.3 Å². The molecule has 6 nitrogen and oxygen atoms in total. The first-order chi connectivity index (χ1) is 20.5. The Morgan fingerprint density at radius 3 is 2.48 bits per heavy atom. The third kappa shape index (κ3) is 8.32. The Morgan fingerprint density at radius 2 is 1.71 bits per heavy atom. The fourth-order valence-electron chi connectivity index (χ4n) is 6.44. The van der Waals surface area contributed by atoms with E-state index < -0.39 is 0 Å². The third-order valence-corrected chi connectivity index (χ3v) is 9.68. The predicted molar refractivity (Wildman–Crippen MR) is 180 cm³/mol. The van der Waals surface area contributed by atoms with Gasteiger partial charge in [0.05, 0.1) is 6.04 Å². The van der Waals surface area contributed by atoms with Crippen molar-refractivity contribution in [3.05, 3.63) is 81.4 Å². The number of likely N-dealkylation sites (tertiary alicyclic amines) is 1. The largest absolute Gasteiger partial charge is 0.350 e. The van der Waals surface area contributed by atoms with Crippen LogP contribution in [0.1, 0.15) is 73.7 Å². The maximum Gasteiger partial charge on any atom is 0.251 e. The molecule has 2 fully saturated rings. The highest BCUT2D eigenvalue weighted by molar-refractivity contribution is 14.1. The average molecular weight is 681 g/mol. The molecule has 0 aromatic heterocycles. The first-order valence-electron chi connectivity index (χ1n) is 15.8. The van der Waals surface area contributed by atoms with E-state index in [2.05, 4.69) is 92.4 Å². The number of nitrogens with one attached hydrogen (secondary N) is 2. The molecule has 0 radical (unpaired) electrons. The smallest absolute Gasteiger partial charge is 0.251 e. The van der Waals surface area contributed by atoms with Crippen molar-refractivity contribution in [2.75, 3.05) is 39.3 Å². The van der Waals surface area contributed by atoms with Crippen LogP contribution in [0.4, 0.5) is 0 Å². The van der Waals surface area contributed by atoms with Gasteiger partial charge in [-0.2, -0.15) is 0 Å². The van der Waals surface area contributed by atoms with E-state index in [1.54, 1.807) is 0 Å². The van der Waals surface area contributed by atoms with Gasteiger partial charge in [-0.15, -0.1) is 0 Å². The van der Waals surface area contributed by atoms with Crippen LogP contribution in [0.25, 0.3) is 10.8 Å². The first kappa shape index (κ1) is 31.0. The number of benzene rings is 3. The van der Waals surface area contributed by atoms with E-state index in [0.717, 1.165) is 56.2 Å². The van der Waals surface area contributed by atoms with E-state index in [4.69, 9.17) is 0 Å². The standard InChI is InChI=1S/C35H45IN4O2/c1-2-26(27-10-6-5-7-11-27)25-40-21-16-32(38-33(35(40)42)17-20-39-18-8-3-4-9-19-39)24-37-34(41)30-13-12-29-23-31(36)15-14-28(29)22-30/h5-7,10-15,22-23,26,32-33,38H,2-4,8-9,16-21,24-25H2,1H3,(H,37,41)/t26-,32+,33+/m1/s1. The zero-order valence-corrected chi connectivity index (χ0v) is 27.0. The zero-order valence-electron chi connectivity index (χ0n) is 24.9. The molecule has 0 spiro atoms. The summed E-state index contributed by atoms with van der Waals surface area (Å²) in [6, 6.07) is 22.5. The number of rotatable bonds is 10. The van der Waals surface area contributed by atoms with Crippen molar-refractivity contribution in [1.29, 1.82) is 0 Å². The van der Waals surface area contributed by atoms with Crippen LogP contribution in [-0.4, -0.2) is 73.0 Å². The van der Waals surface area contributed by atoms with Gasteiger partial charge in [-0.25, -0.2) is 0 Å². The van der Waals surface area contributed by atoms with Crippen molar-refractivity contribution < 1.29 is 9.59 Å². The minimum atomic E-state index is -0.242. The minimum Gasteiger partial charge on any atom is -0.350 e. The minimum absolute atomic E-state index is 0.0378. The molecule has 2 amide bonds. The second-order valence-corrected chi connectivity index (χ2v) is 13.2. The predicted octanol–water partition coefficient (Wildman–Crippen LogP) is 6.19. The van der Waals surface area contributed by atoms with Crippen molar-refractivity contribution in [2.45, 2.75) is 69.9 Å². The summed E-state index contributed by atoms with van der Waals surface area (Å²) < 4.78 is 1.18. The van der Waals surface area contributed by atoms with Crippen LogP contribution in [0.3, 0.4) is 0 Å². The summed E-state index contributed by atoms with van der Waals surface area (Å²) in [7, 11) is 0. The molecule has 2 aliphatic rings. The molecule has 3 aromatic carbocycles. The van der Waals surface area contributed by atoms with Gasteiger partial charge in [-0.05, 0) is 108 Å². The Balaban J connectivity index is 1.26. The Morgan fingerprint density at radius 1 is 0.976 bits per heavy atom. The van der Waals surface area contributed by atoms with Gasteiger partial charge in [0.2, 0.25) is 5.91 Å². The fraction of sp³-hybridized carbons (Fsp3) is 0.486. The quantitative estimate of drug-likeness (QED) is 0.251. The monoisotopic (exact) mass is 680 g/mol. The summed E-state index contributed by atoms with van der Waals surface area (Å²) in [6.45, 7) is 7.33. The molecule has 224 valence electrons. The summed E-state index contributed by atoms with van der Waals surface area (Å²) in [6.07, 6.45) is 7.71. The maximum absolute atomic E-state index is 14.0. The molecule has 0 unspecified atom stereocenters. The summed E-state index contributed by atoms with van der Waals surface area (Å²) in [5.74, 6) is 0.451. The number of hydrogen-bond donors (Lipinski definition) is 2. The van der Waals surface area contributed by atoms with Crippen molar-refractivity contribution in [1.82, 2.24) is 20.4 Å². The summed E-state index contributed by atoms with van der Waals surface area (Å²) in [4.78, 5) is 31.8. The van der Waals surface area contributed by atoms with Gasteiger partial charge in [-0.1, -0.05) is 62.2 Å². The lowest BCUT2D eigenvalue weighted by Gasteiger charge is -2.29. The Kier molecular flexibility index (Phi) is 11.3. The first-order valence-corrected chi connectivity index (χ1v) is 16.9. The van der Waals surface area contributed by atoms with Crippen molar-refractivity contribution >= 4 is 45.2 Å². The van der Waals surface area contributed by atoms with Gasteiger partial charge < -0.3 is 20.4 Å². The van der Waals surface area contributed by atoms with Crippen LogP contribution in [-0.2, 0) is 4.79 Å². The fourth-order valence-corrected chi connectivity index (χ4v) is 6.95. The van der Waals surface area contributed by atoms with E-state index >= 15 is 0 Å². The molecule has 0 saturated carbocycles. The molecular weight excluding hydrogens is 635 g/mol. The molecule has 2 N–H and O–H groups in total. The van der Waals surface area contributed by atoms with Crippen LogP contribution < -0.4 is 10.6 Å². The van der Waals surface area contributed by atoms with Crippen molar-refractivity contribution in [2.24, 2.45) is 0 Å². The highest BCUT2D eigenvalue weighted by Gasteiger charge is 2.32. The maximum atomic E-state index is 14.0. The molecule has 2 aliphatic heterocycles. The second kappa shape index (κ2) is 15.3. The molecule has 2 saturated heterocycles. The van der Waals surface area contributed by atoms with Crippen LogP contribution in [0.2, 0.25) is 0 Å². The molecule has 3 atom stereocenters. The van der Waals surface area contributed by atoms with Crippen molar-refractivity contribution in [3.8, 4) is 0 Å². The van der Waals surface area contributed by atoms with Gasteiger partial charge >= 0.3 is 0 Å². The molecule has 3 aromatic rings. The molecule has 0 bridgehead atoms. The normalized spacial score (nSPS) is 21.1. The average Bonchev–Trinajstić information content (AvgIpc) is 3.37. The molecule has 5 rings (SSSR count). The highest BCUT2D eigenvalue weighted by Crippen LogP contribution is 2.23. The van der Waals surface area contributed by atoms with E-state index in [9.17, 15) is 9.59 Å². The number of hydrogen-bond acceptors (Lipinski definition) is 4. The van der Waals surface area contributed by atoms with Crippen LogP contribution in [0.15, 0.2) is 66.7 Å². The van der Waals surface area contributed by atoms with E-state index in [1.165, 1.54) is 34.8 Å². The Bertz CT molecular complexity index is 1330. The Hall–Kier alpha value is -2.49. The Labute approximate surface area is 264 Å². The van der Waals surface area contributed by atoms with Gasteiger partial charge in [0.1, 0.15) is 0 Å². The van der Waals surface area contributed by atoms with E-state index in [0.29, 0.717) is 24.6 Å². The summed E-state index contributed by atoms with van der Waals surface area (Å²) in [5.41, 5.74) is 1.96. The third-order valence-electron chi connectivity index (χ3n) is 9.00. The molecule has 42 heavy (non-hydrogen) atoms. The van der Waals surface area contributed by atoms with Gasteiger partial charge in [0.25, 0.3) is 5.91 Å². The van der Waals surface area contributed by atoms with Crippen LogP contribution in [0.5, 0.6) is 0 Å². The molecule has 2 heterocycles. The lowest BCUT2D eigenvalue weighted by Crippen LogP contribution is -2.50. The molecule has 7 heteroatoms. The summed E-state index contributed by atoms with van der Waals surface area (Å²) >= 11 is 2.31. The number of nitrogens with zero attached hydrogens (tertiary/aromatic N) is 2. The van der Waals surface area contributed by atoms with Gasteiger partial charge in [0, 0.05) is 47.3 Å². The number of fused-ring (bicyclic) bond motifs is 1. The number of carbonyl (C=O) groups is 2. The summed E-state index contributed by atoms with van der Waals surface area (Å²) in [5, 5.41) is 9.06. The molecular formula is C35H45IN4O2. The second-order valence-electron chi connectivity index (χ2n) is 12.0. The number of amides is 2. The van der Waals surface area contributed by atoms with E-state index in [-0.39, 0.29) is 23.9 Å². The van der Waals surface area contributed by atoms with Gasteiger partial charge in [0.15, 0.2) is 0 Å². The van der Waals surface area contributed by atoms with Crippen LogP contribution in [0, 0.1) is 3.57 Å². The lowest BCUT2D eigenvalue weighted by molar-refractivity contribution is -0.133. The number of halogens is 1. The highest BCUT2D eigenvalue weighted by atomic mass is 127. The van der Waals surface area contributed by atoms with Crippen molar-refractivity contribution in [3.63, 3.8) is 0 Å². The topological polar surface area (TPSA) is 64.7 Å². The molecule has 0 aliphatic carbocycles. The van der Waals surface area contributed by atoms with Crippen LogP contribution >= 0.6 is 22.6 Å². The lowest BCUT2D eigenvalue weighted by atomic mass is 9.95. The number of carbonyl (C=O) groups excluding carboxylic acids is 2. The van der Waals surface area contributed by atoms with Gasteiger partial charge in [-0.3, -0.25) is 9.59 Å². The SMILES string of the molecule is CC[C@H](CN1CC[C@@H](CNC(=O)c2ccc3cc(I)ccc3c2)N[C@@H](CCN2CCCCCC2)C1=O)c1ccccc1. The zero-order chi connectivity index (χ0) is 29.3.